The average Bonchev–Trinajstić information content (AvgIpc) is 2.75. The van der Waals surface area contributed by atoms with Crippen LogP contribution in [-0.4, -0.2) is 27.8 Å². The molecule has 0 atom stereocenters. The summed E-state index contributed by atoms with van der Waals surface area (Å²) in [6.07, 6.45) is 1.82. The predicted molar refractivity (Wildman–Crippen MR) is 57.8 cm³/mol. The van der Waals surface area contributed by atoms with Crippen LogP contribution in [0.25, 0.3) is 11.4 Å². The number of esters is 1. The molecule has 0 bridgehead atoms. The lowest BCUT2D eigenvalue weighted by atomic mass is 10.2. The molecule has 2 heterocycles. The monoisotopic (exact) mass is 217 g/mol. The van der Waals surface area contributed by atoms with Gasteiger partial charge in [0.25, 0.3) is 0 Å². The summed E-state index contributed by atoms with van der Waals surface area (Å²) in [6.45, 7) is 0. The highest BCUT2D eigenvalue weighted by atomic mass is 16.5. The fourth-order valence-corrected chi connectivity index (χ4v) is 1.35. The van der Waals surface area contributed by atoms with Gasteiger partial charge in [0.15, 0.2) is 0 Å². The van der Waals surface area contributed by atoms with Gasteiger partial charge in [-0.2, -0.15) is 5.10 Å². The largest absolute Gasteiger partial charge is 0.464 e. The van der Waals surface area contributed by atoms with E-state index in [2.05, 4.69) is 14.8 Å². The molecule has 2 aromatic heterocycles. The molecule has 0 aliphatic carbocycles. The molecular formula is C11H11N3O2. The third-order valence-electron chi connectivity index (χ3n) is 2.12. The van der Waals surface area contributed by atoms with Crippen molar-refractivity contribution in [2.24, 2.45) is 7.05 Å². The molecule has 82 valence electrons. The summed E-state index contributed by atoms with van der Waals surface area (Å²) in [7, 11) is 3.16. The number of hydrogen-bond donors (Lipinski definition) is 0. The smallest absolute Gasteiger partial charge is 0.356 e. The molecule has 5 heteroatoms. The Labute approximate surface area is 92.7 Å². The summed E-state index contributed by atoms with van der Waals surface area (Å²) in [5.74, 6) is -0.446. The van der Waals surface area contributed by atoms with Gasteiger partial charge in [0.2, 0.25) is 0 Å². The van der Waals surface area contributed by atoms with E-state index < -0.39 is 5.97 Å². The van der Waals surface area contributed by atoms with Gasteiger partial charge in [0.1, 0.15) is 11.4 Å². The molecule has 0 aromatic carbocycles. The van der Waals surface area contributed by atoms with E-state index in [0.717, 1.165) is 5.69 Å². The van der Waals surface area contributed by atoms with Crippen LogP contribution in [0.1, 0.15) is 10.5 Å². The Morgan fingerprint density at radius 2 is 2.12 bits per heavy atom. The van der Waals surface area contributed by atoms with Crippen molar-refractivity contribution in [2.45, 2.75) is 0 Å². The van der Waals surface area contributed by atoms with E-state index in [1.165, 1.54) is 7.11 Å². The number of pyridine rings is 1. The maximum absolute atomic E-state index is 11.3. The zero-order chi connectivity index (χ0) is 11.5. The molecule has 0 radical (unpaired) electrons. The third-order valence-corrected chi connectivity index (χ3v) is 2.12. The van der Waals surface area contributed by atoms with Crippen LogP contribution >= 0.6 is 0 Å². The van der Waals surface area contributed by atoms with Gasteiger partial charge in [0.05, 0.1) is 12.8 Å². The summed E-state index contributed by atoms with van der Waals surface area (Å²) in [4.78, 5) is 15.5. The summed E-state index contributed by atoms with van der Waals surface area (Å²) in [5.41, 5.74) is 1.67. The van der Waals surface area contributed by atoms with E-state index in [0.29, 0.717) is 5.69 Å². The second-order valence-corrected chi connectivity index (χ2v) is 3.27. The molecule has 0 saturated heterocycles. The van der Waals surface area contributed by atoms with Crippen LogP contribution in [0.15, 0.2) is 30.5 Å². The molecule has 0 amide bonds. The molecule has 0 aliphatic heterocycles. The van der Waals surface area contributed by atoms with E-state index in [1.54, 1.807) is 22.9 Å². The van der Waals surface area contributed by atoms with Crippen molar-refractivity contribution in [3.63, 3.8) is 0 Å². The minimum atomic E-state index is -0.446. The van der Waals surface area contributed by atoms with Crippen molar-refractivity contribution in [1.82, 2.24) is 14.8 Å². The molecule has 0 unspecified atom stereocenters. The highest BCUT2D eigenvalue weighted by molar-refractivity contribution is 5.87. The lowest BCUT2D eigenvalue weighted by molar-refractivity contribution is 0.0594. The number of methoxy groups -OCH3 is 1. The number of carbonyl (C=O) groups excluding carboxylic acids is 1. The van der Waals surface area contributed by atoms with Crippen molar-refractivity contribution in [2.75, 3.05) is 7.11 Å². The van der Waals surface area contributed by atoms with Crippen LogP contribution in [0.5, 0.6) is 0 Å². The third kappa shape index (κ3) is 1.93. The molecular weight excluding hydrogens is 206 g/mol. The van der Waals surface area contributed by atoms with Crippen LogP contribution in [0.2, 0.25) is 0 Å². The van der Waals surface area contributed by atoms with Crippen molar-refractivity contribution >= 4 is 5.97 Å². The van der Waals surface area contributed by atoms with Gasteiger partial charge in [0, 0.05) is 13.2 Å². The van der Waals surface area contributed by atoms with Gasteiger partial charge in [-0.1, -0.05) is 6.07 Å². The maximum Gasteiger partial charge on any atom is 0.356 e. The van der Waals surface area contributed by atoms with Crippen LogP contribution in [0.3, 0.4) is 0 Å². The summed E-state index contributed by atoms with van der Waals surface area (Å²) >= 11 is 0. The van der Waals surface area contributed by atoms with E-state index in [1.807, 2.05) is 19.3 Å². The van der Waals surface area contributed by atoms with Gasteiger partial charge in [-0.3, -0.25) is 4.68 Å². The van der Waals surface area contributed by atoms with Crippen LogP contribution in [0.4, 0.5) is 0 Å². The normalized spacial score (nSPS) is 10.1. The molecule has 0 saturated carbocycles. The van der Waals surface area contributed by atoms with Crippen LogP contribution in [0, 0.1) is 0 Å². The first kappa shape index (κ1) is 10.4. The Hall–Kier alpha value is -2.17. The first-order valence-electron chi connectivity index (χ1n) is 4.76. The fraction of sp³-hybridized carbons (Fsp3) is 0.182. The summed E-state index contributed by atoms with van der Waals surface area (Å²) < 4.78 is 6.29. The van der Waals surface area contributed by atoms with E-state index >= 15 is 0 Å². The molecule has 5 nitrogen and oxygen atoms in total. The first-order valence-corrected chi connectivity index (χ1v) is 4.76. The second kappa shape index (κ2) is 4.14. The summed E-state index contributed by atoms with van der Waals surface area (Å²) in [6, 6.07) is 7.00. The minimum Gasteiger partial charge on any atom is -0.464 e. The average molecular weight is 217 g/mol. The number of rotatable bonds is 2. The quantitative estimate of drug-likeness (QED) is 0.711. The Morgan fingerprint density at radius 3 is 2.75 bits per heavy atom. The lowest BCUT2D eigenvalue weighted by Gasteiger charge is -2.00. The van der Waals surface area contributed by atoms with Crippen molar-refractivity contribution in [1.29, 1.82) is 0 Å². The van der Waals surface area contributed by atoms with Gasteiger partial charge in [-0.15, -0.1) is 0 Å². The highest BCUT2D eigenvalue weighted by Gasteiger charge is 2.09. The van der Waals surface area contributed by atoms with Crippen molar-refractivity contribution in [3.8, 4) is 11.4 Å². The van der Waals surface area contributed by atoms with Gasteiger partial charge < -0.3 is 4.74 Å². The molecule has 0 aliphatic rings. The summed E-state index contributed by atoms with van der Waals surface area (Å²) in [5, 5.41) is 4.21. The van der Waals surface area contributed by atoms with Crippen molar-refractivity contribution in [3.05, 3.63) is 36.2 Å². The molecule has 16 heavy (non-hydrogen) atoms. The number of aryl methyl sites for hydroxylation is 1. The maximum atomic E-state index is 11.3. The standard InChI is InChI=1S/C11H11N3O2/c1-14-7-6-9(13-14)8-4-3-5-10(12-8)11(15)16-2/h3-7H,1-2H3. The molecule has 2 rings (SSSR count). The van der Waals surface area contributed by atoms with E-state index in [9.17, 15) is 4.79 Å². The molecule has 0 spiro atoms. The zero-order valence-electron chi connectivity index (χ0n) is 9.04. The van der Waals surface area contributed by atoms with Crippen molar-refractivity contribution < 1.29 is 9.53 Å². The molecule has 2 aromatic rings. The fourth-order valence-electron chi connectivity index (χ4n) is 1.35. The van der Waals surface area contributed by atoms with E-state index in [4.69, 9.17) is 0 Å². The zero-order valence-corrected chi connectivity index (χ0v) is 9.04. The number of aromatic nitrogens is 3. The predicted octanol–water partition coefficient (Wildman–Crippen LogP) is 1.27. The van der Waals surface area contributed by atoms with Gasteiger partial charge >= 0.3 is 5.97 Å². The topological polar surface area (TPSA) is 57.0 Å². The Balaban J connectivity index is 2.39. The Bertz CT molecular complexity index is 519. The Morgan fingerprint density at radius 1 is 1.31 bits per heavy atom. The van der Waals surface area contributed by atoms with Crippen LogP contribution in [-0.2, 0) is 11.8 Å². The number of nitrogens with zero attached hydrogens (tertiary/aromatic N) is 3. The van der Waals surface area contributed by atoms with Gasteiger partial charge in [-0.25, -0.2) is 9.78 Å². The second-order valence-electron chi connectivity index (χ2n) is 3.27. The lowest BCUT2D eigenvalue weighted by Crippen LogP contribution is -2.04. The first-order chi connectivity index (χ1) is 7.70. The van der Waals surface area contributed by atoms with Crippen LogP contribution < -0.4 is 0 Å². The number of ether oxygens (including phenoxy) is 1. The SMILES string of the molecule is COC(=O)c1cccc(-c2ccn(C)n2)n1. The molecule has 0 N–H and O–H groups in total. The highest BCUT2D eigenvalue weighted by Crippen LogP contribution is 2.14. The van der Waals surface area contributed by atoms with Gasteiger partial charge in [-0.05, 0) is 18.2 Å². The van der Waals surface area contributed by atoms with E-state index in [-0.39, 0.29) is 5.69 Å². The number of hydrogen-bond acceptors (Lipinski definition) is 4. The minimum absolute atomic E-state index is 0.283. The number of carbonyl (C=O) groups is 1. The Kier molecular flexibility index (Phi) is 2.68. The molecule has 0 fully saturated rings.